The molecule has 28 heavy (non-hydrogen) atoms. The number of benzene rings is 2. The van der Waals surface area contributed by atoms with Gasteiger partial charge in [-0.1, -0.05) is 47.8 Å². The Morgan fingerprint density at radius 2 is 1.43 bits per heavy atom. The first-order valence-electron chi connectivity index (χ1n) is 9.58. The molecule has 0 saturated carbocycles. The van der Waals surface area contributed by atoms with Gasteiger partial charge in [-0.3, -0.25) is 0 Å². The molecule has 0 spiro atoms. The van der Waals surface area contributed by atoms with Crippen molar-refractivity contribution in [3.63, 3.8) is 0 Å². The Morgan fingerprint density at radius 3 is 2.04 bits per heavy atom. The number of anilines is 2. The highest BCUT2D eigenvalue weighted by molar-refractivity contribution is 7.98. The summed E-state index contributed by atoms with van der Waals surface area (Å²) in [4.78, 5) is 16.0. The molecule has 4 nitrogen and oxygen atoms in total. The van der Waals surface area contributed by atoms with Crippen molar-refractivity contribution in [2.75, 3.05) is 42.2 Å². The Hall–Kier alpha value is -1.83. The smallest absolute Gasteiger partial charge is 0.186 e. The van der Waals surface area contributed by atoms with Crippen molar-refractivity contribution in [2.45, 2.75) is 18.2 Å². The van der Waals surface area contributed by atoms with Crippen molar-refractivity contribution >= 4 is 65.1 Å². The molecule has 0 bridgehead atoms. The molecule has 0 radical (unpaired) electrons. The number of piperazine rings is 1. The molecule has 7 heteroatoms. The van der Waals surface area contributed by atoms with Crippen molar-refractivity contribution in [3.05, 3.63) is 42.0 Å². The second-order valence-corrected chi connectivity index (χ2v) is 9.76. The normalized spacial score (nSPS) is 15.1. The van der Waals surface area contributed by atoms with E-state index in [0.717, 1.165) is 48.4 Å². The van der Waals surface area contributed by atoms with E-state index in [0.29, 0.717) is 0 Å². The van der Waals surface area contributed by atoms with Gasteiger partial charge in [0.05, 0.1) is 20.4 Å². The molecule has 3 heterocycles. The van der Waals surface area contributed by atoms with Crippen molar-refractivity contribution < 1.29 is 0 Å². The monoisotopic (exact) mass is 426 g/mol. The Kier molecular flexibility index (Phi) is 4.90. The molecule has 0 unspecified atom stereocenters. The molecule has 0 atom stereocenters. The fourth-order valence-corrected chi connectivity index (χ4v) is 6.45. The van der Waals surface area contributed by atoms with Gasteiger partial charge in [-0.25, -0.2) is 9.97 Å². The summed E-state index contributed by atoms with van der Waals surface area (Å²) in [6.45, 7) is 6.17. The lowest BCUT2D eigenvalue weighted by atomic mass is 10.1. The number of rotatable bonds is 4. The number of hydrogen-bond acceptors (Lipinski definition) is 7. The van der Waals surface area contributed by atoms with E-state index in [-0.39, 0.29) is 0 Å². The lowest BCUT2D eigenvalue weighted by molar-refractivity contribution is 0.651. The summed E-state index contributed by atoms with van der Waals surface area (Å²) in [6.07, 6.45) is 3.15. The molecule has 1 saturated heterocycles. The second kappa shape index (κ2) is 7.54. The van der Waals surface area contributed by atoms with Gasteiger partial charge >= 0.3 is 0 Å². The van der Waals surface area contributed by atoms with Crippen LogP contribution in [-0.4, -0.2) is 42.4 Å². The van der Waals surface area contributed by atoms with E-state index in [1.807, 2.05) is 22.7 Å². The third-order valence-corrected chi connectivity index (χ3v) is 8.22. The summed E-state index contributed by atoms with van der Waals surface area (Å²) >= 11 is 5.40. The third-order valence-electron chi connectivity index (χ3n) is 5.28. The maximum absolute atomic E-state index is 4.97. The largest absolute Gasteiger partial charge is 0.345 e. The average molecular weight is 427 g/mol. The molecule has 0 aliphatic carbocycles. The van der Waals surface area contributed by atoms with Crippen molar-refractivity contribution in [2.24, 2.45) is 0 Å². The van der Waals surface area contributed by atoms with Crippen LogP contribution < -0.4 is 9.80 Å². The molecule has 0 N–H and O–H groups in total. The number of aryl methyl sites for hydroxylation is 1. The number of thiazole rings is 2. The van der Waals surface area contributed by atoms with Crippen molar-refractivity contribution in [1.29, 1.82) is 0 Å². The van der Waals surface area contributed by atoms with Crippen LogP contribution in [0.1, 0.15) is 12.5 Å². The van der Waals surface area contributed by atoms with Crippen LogP contribution in [0.15, 0.2) is 41.3 Å². The number of hydrogen-bond donors (Lipinski definition) is 0. The van der Waals surface area contributed by atoms with Crippen LogP contribution in [-0.2, 0) is 6.42 Å². The molecule has 2 aromatic heterocycles. The van der Waals surface area contributed by atoms with E-state index >= 15 is 0 Å². The fraction of sp³-hybridized carbons (Fsp3) is 0.333. The van der Waals surface area contributed by atoms with E-state index in [2.05, 4.69) is 59.4 Å². The minimum Gasteiger partial charge on any atom is -0.345 e. The van der Waals surface area contributed by atoms with E-state index in [1.165, 1.54) is 25.4 Å². The van der Waals surface area contributed by atoms with Gasteiger partial charge in [0.2, 0.25) is 0 Å². The molecule has 5 rings (SSSR count). The summed E-state index contributed by atoms with van der Waals surface area (Å²) in [5.41, 5.74) is 3.68. The Balaban J connectivity index is 1.35. The molecule has 1 aliphatic rings. The van der Waals surface area contributed by atoms with Crippen LogP contribution in [0.5, 0.6) is 0 Å². The highest BCUT2D eigenvalue weighted by atomic mass is 32.2. The number of fused-ring (bicyclic) bond motifs is 2. The first kappa shape index (κ1) is 18.2. The maximum atomic E-state index is 4.97. The maximum Gasteiger partial charge on any atom is 0.186 e. The van der Waals surface area contributed by atoms with Crippen LogP contribution in [0.3, 0.4) is 0 Å². The van der Waals surface area contributed by atoms with E-state index < -0.39 is 0 Å². The van der Waals surface area contributed by atoms with Gasteiger partial charge < -0.3 is 9.80 Å². The number of para-hydroxylation sites is 2. The van der Waals surface area contributed by atoms with Crippen LogP contribution in [0.4, 0.5) is 10.3 Å². The van der Waals surface area contributed by atoms with Gasteiger partial charge in [-0.2, -0.15) is 0 Å². The molecule has 1 fully saturated rings. The summed E-state index contributed by atoms with van der Waals surface area (Å²) in [7, 11) is 0. The predicted molar refractivity (Wildman–Crippen MR) is 125 cm³/mol. The number of aromatic nitrogens is 2. The first-order valence-corrected chi connectivity index (χ1v) is 12.4. The quantitative estimate of drug-likeness (QED) is 0.401. The molecule has 2 aromatic carbocycles. The zero-order chi connectivity index (χ0) is 19.1. The Labute approximate surface area is 177 Å². The van der Waals surface area contributed by atoms with Gasteiger partial charge in [-0.15, -0.1) is 11.8 Å². The van der Waals surface area contributed by atoms with Crippen molar-refractivity contribution in [1.82, 2.24) is 9.97 Å². The van der Waals surface area contributed by atoms with Crippen LogP contribution in [0.25, 0.3) is 20.4 Å². The number of thioether (sulfide) groups is 1. The molecular formula is C21H22N4S3. The topological polar surface area (TPSA) is 32.3 Å². The lowest BCUT2D eigenvalue weighted by Crippen LogP contribution is -2.46. The second-order valence-electron chi connectivity index (χ2n) is 6.89. The van der Waals surface area contributed by atoms with E-state index in [9.17, 15) is 0 Å². The minimum atomic E-state index is 0.991. The van der Waals surface area contributed by atoms with E-state index in [1.54, 1.807) is 11.8 Å². The zero-order valence-electron chi connectivity index (χ0n) is 16.0. The van der Waals surface area contributed by atoms with Gasteiger partial charge in [0.1, 0.15) is 0 Å². The molecule has 144 valence electrons. The number of nitrogens with zero attached hydrogens (tertiary/aromatic N) is 4. The highest BCUT2D eigenvalue weighted by Crippen LogP contribution is 2.35. The summed E-state index contributed by atoms with van der Waals surface area (Å²) < 4.78 is 2.58. The first-order chi connectivity index (χ1) is 13.8. The lowest BCUT2D eigenvalue weighted by Gasteiger charge is -2.34. The summed E-state index contributed by atoms with van der Waals surface area (Å²) in [5, 5.41) is 2.30. The molecule has 0 amide bonds. The highest BCUT2D eigenvalue weighted by Gasteiger charge is 2.23. The molecule has 4 aromatic rings. The Morgan fingerprint density at radius 1 is 0.857 bits per heavy atom. The van der Waals surface area contributed by atoms with Crippen LogP contribution in [0, 0.1) is 0 Å². The van der Waals surface area contributed by atoms with Gasteiger partial charge in [-0.05, 0) is 36.4 Å². The zero-order valence-corrected chi connectivity index (χ0v) is 18.5. The van der Waals surface area contributed by atoms with Gasteiger partial charge in [0.25, 0.3) is 0 Å². The van der Waals surface area contributed by atoms with Crippen LogP contribution >= 0.6 is 34.4 Å². The van der Waals surface area contributed by atoms with Crippen LogP contribution in [0.2, 0.25) is 0 Å². The van der Waals surface area contributed by atoms with Gasteiger partial charge in [0, 0.05) is 31.1 Å². The van der Waals surface area contributed by atoms with E-state index in [4.69, 9.17) is 9.97 Å². The Bertz CT molecular complexity index is 1040. The SMILES string of the molecule is CCc1cccc2sc(N3CCN(c4nc5c(SC)cccc5s4)CC3)nc12. The predicted octanol–water partition coefficient (Wildman–Crippen LogP) is 5.52. The van der Waals surface area contributed by atoms with Gasteiger partial charge in [0.15, 0.2) is 10.3 Å². The molecular weight excluding hydrogens is 404 g/mol. The molecule has 1 aliphatic heterocycles. The summed E-state index contributed by atoms with van der Waals surface area (Å²) in [6, 6.07) is 13.0. The van der Waals surface area contributed by atoms with Crippen molar-refractivity contribution in [3.8, 4) is 0 Å². The average Bonchev–Trinajstić information content (AvgIpc) is 3.37. The fourth-order valence-electron chi connectivity index (χ4n) is 3.71. The third kappa shape index (κ3) is 3.15. The summed E-state index contributed by atoms with van der Waals surface area (Å²) in [5.74, 6) is 0. The standard InChI is InChI=1S/C21H22N4S3/c1-3-14-6-4-8-16-18(14)22-20(27-16)24-10-12-25(13-11-24)21-23-19-15(26-2)7-5-9-17(19)28-21/h4-9H,3,10-13H2,1-2H3. The minimum absolute atomic E-state index is 0.991.